The highest BCUT2D eigenvalue weighted by Gasteiger charge is 2.19. The van der Waals surface area contributed by atoms with Crippen LogP contribution in [-0.4, -0.2) is 75.5 Å². The summed E-state index contributed by atoms with van der Waals surface area (Å²) in [5.41, 5.74) is 0. The number of nitrogens with zero attached hydrogens (tertiary/aromatic N) is 2. The maximum Gasteiger partial charge on any atom is 0.191 e. The van der Waals surface area contributed by atoms with E-state index in [1.165, 1.54) is 0 Å². The van der Waals surface area contributed by atoms with Gasteiger partial charge in [-0.2, -0.15) is 0 Å². The summed E-state index contributed by atoms with van der Waals surface area (Å²) < 4.78 is 11.3. The zero-order valence-corrected chi connectivity index (χ0v) is 15.8. The molecule has 2 fully saturated rings. The Kier molecular flexibility index (Phi) is 9.92. The lowest BCUT2D eigenvalue weighted by atomic mass is 10.1. The molecule has 144 valence electrons. The Morgan fingerprint density at radius 3 is 2.72 bits per heavy atom. The molecule has 2 saturated heterocycles. The molecule has 0 spiro atoms. The number of likely N-dealkylation sites (tertiary alicyclic amines) is 1. The van der Waals surface area contributed by atoms with E-state index in [1.807, 2.05) is 6.08 Å². The van der Waals surface area contributed by atoms with Crippen molar-refractivity contribution in [1.29, 1.82) is 0 Å². The lowest BCUT2D eigenvalue weighted by molar-refractivity contribution is -0.0318. The summed E-state index contributed by atoms with van der Waals surface area (Å²) in [6.45, 7) is 13.3. The fourth-order valence-electron chi connectivity index (χ4n) is 3.30. The predicted octanol–water partition coefficient (Wildman–Crippen LogP) is 1.78. The van der Waals surface area contributed by atoms with Gasteiger partial charge in [-0.3, -0.25) is 9.89 Å². The molecular formula is C19H36N4O2. The normalized spacial score (nSPS) is 21.2. The molecule has 0 aromatic rings. The van der Waals surface area contributed by atoms with Crippen LogP contribution in [0.1, 0.15) is 39.0 Å². The molecule has 2 heterocycles. The van der Waals surface area contributed by atoms with Crippen LogP contribution in [0.15, 0.2) is 17.6 Å². The SMILES string of the molecule is C=CCN1CCC(NC(=NCCCOC2CCOCC2)NCC)CC1. The second-order valence-corrected chi connectivity index (χ2v) is 6.80. The van der Waals surface area contributed by atoms with Crippen molar-refractivity contribution in [3.8, 4) is 0 Å². The van der Waals surface area contributed by atoms with Crippen molar-refractivity contribution >= 4 is 5.96 Å². The number of ether oxygens (including phenoxy) is 2. The third-order valence-corrected chi connectivity index (χ3v) is 4.75. The van der Waals surface area contributed by atoms with Crippen LogP contribution >= 0.6 is 0 Å². The van der Waals surface area contributed by atoms with Crippen molar-refractivity contribution in [2.24, 2.45) is 4.99 Å². The topological polar surface area (TPSA) is 58.1 Å². The molecule has 0 aliphatic carbocycles. The van der Waals surface area contributed by atoms with Crippen molar-refractivity contribution in [3.63, 3.8) is 0 Å². The van der Waals surface area contributed by atoms with Crippen molar-refractivity contribution in [2.75, 3.05) is 52.5 Å². The Morgan fingerprint density at radius 1 is 1.28 bits per heavy atom. The van der Waals surface area contributed by atoms with Gasteiger partial charge in [-0.15, -0.1) is 6.58 Å². The molecular weight excluding hydrogens is 316 g/mol. The van der Waals surface area contributed by atoms with Crippen molar-refractivity contribution in [3.05, 3.63) is 12.7 Å². The minimum Gasteiger partial charge on any atom is -0.381 e. The van der Waals surface area contributed by atoms with Crippen LogP contribution in [0, 0.1) is 0 Å². The maximum absolute atomic E-state index is 5.91. The monoisotopic (exact) mass is 352 g/mol. The first-order valence-corrected chi connectivity index (χ1v) is 9.89. The van der Waals surface area contributed by atoms with E-state index >= 15 is 0 Å². The number of hydrogen-bond donors (Lipinski definition) is 2. The maximum atomic E-state index is 5.91. The molecule has 2 aliphatic rings. The van der Waals surface area contributed by atoms with Gasteiger partial charge in [0.1, 0.15) is 0 Å². The molecule has 2 rings (SSSR count). The summed E-state index contributed by atoms with van der Waals surface area (Å²) >= 11 is 0. The average molecular weight is 353 g/mol. The molecule has 2 aliphatic heterocycles. The zero-order chi connectivity index (χ0) is 17.7. The largest absolute Gasteiger partial charge is 0.381 e. The van der Waals surface area contributed by atoms with Gasteiger partial charge in [0.05, 0.1) is 6.10 Å². The van der Waals surface area contributed by atoms with E-state index in [-0.39, 0.29) is 0 Å². The third kappa shape index (κ3) is 8.21. The Hall–Kier alpha value is -1.11. The van der Waals surface area contributed by atoms with Crippen LogP contribution in [0.4, 0.5) is 0 Å². The summed E-state index contributed by atoms with van der Waals surface area (Å²) in [4.78, 5) is 7.15. The summed E-state index contributed by atoms with van der Waals surface area (Å²) in [5, 5.41) is 6.95. The van der Waals surface area contributed by atoms with Crippen LogP contribution in [0.5, 0.6) is 0 Å². The van der Waals surface area contributed by atoms with Crippen LogP contribution in [-0.2, 0) is 9.47 Å². The minimum absolute atomic E-state index is 0.379. The van der Waals surface area contributed by atoms with Gasteiger partial charge in [-0.05, 0) is 39.0 Å². The van der Waals surface area contributed by atoms with Gasteiger partial charge in [0.15, 0.2) is 5.96 Å². The summed E-state index contributed by atoms with van der Waals surface area (Å²) in [7, 11) is 0. The lowest BCUT2D eigenvalue weighted by Crippen LogP contribution is -2.48. The Morgan fingerprint density at radius 2 is 2.04 bits per heavy atom. The highest BCUT2D eigenvalue weighted by Crippen LogP contribution is 2.11. The Balaban J connectivity index is 1.63. The molecule has 0 atom stereocenters. The number of hydrogen-bond acceptors (Lipinski definition) is 4. The van der Waals surface area contributed by atoms with Gasteiger partial charge in [0, 0.05) is 58.6 Å². The quantitative estimate of drug-likeness (QED) is 0.287. The van der Waals surface area contributed by atoms with Gasteiger partial charge in [-0.25, -0.2) is 0 Å². The van der Waals surface area contributed by atoms with Gasteiger partial charge >= 0.3 is 0 Å². The fourth-order valence-corrected chi connectivity index (χ4v) is 3.30. The molecule has 25 heavy (non-hydrogen) atoms. The summed E-state index contributed by atoms with van der Waals surface area (Å²) in [6.07, 6.45) is 7.70. The molecule has 6 heteroatoms. The van der Waals surface area contributed by atoms with Gasteiger partial charge in [0.2, 0.25) is 0 Å². The van der Waals surface area contributed by atoms with Crippen LogP contribution < -0.4 is 10.6 Å². The number of guanidine groups is 1. The zero-order valence-electron chi connectivity index (χ0n) is 15.8. The highest BCUT2D eigenvalue weighted by molar-refractivity contribution is 5.80. The molecule has 0 aromatic carbocycles. The van der Waals surface area contributed by atoms with Crippen molar-refractivity contribution in [1.82, 2.24) is 15.5 Å². The average Bonchev–Trinajstić information content (AvgIpc) is 2.64. The van der Waals surface area contributed by atoms with E-state index in [0.717, 1.165) is 90.6 Å². The lowest BCUT2D eigenvalue weighted by Gasteiger charge is -2.32. The summed E-state index contributed by atoms with van der Waals surface area (Å²) in [6, 6.07) is 0.511. The fraction of sp³-hybridized carbons (Fsp3) is 0.842. The molecule has 2 N–H and O–H groups in total. The first-order chi connectivity index (χ1) is 12.3. The van der Waals surface area contributed by atoms with E-state index in [2.05, 4.69) is 29.0 Å². The van der Waals surface area contributed by atoms with Crippen molar-refractivity contribution in [2.45, 2.75) is 51.2 Å². The number of aliphatic imine (C=N–C) groups is 1. The molecule has 0 unspecified atom stereocenters. The van der Waals surface area contributed by atoms with E-state index in [9.17, 15) is 0 Å². The third-order valence-electron chi connectivity index (χ3n) is 4.75. The molecule has 0 amide bonds. The Labute approximate surface area is 153 Å². The van der Waals surface area contributed by atoms with Gasteiger partial charge < -0.3 is 20.1 Å². The molecule has 0 saturated carbocycles. The molecule has 0 bridgehead atoms. The second kappa shape index (κ2) is 12.3. The smallest absolute Gasteiger partial charge is 0.191 e. The number of rotatable bonds is 9. The van der Waals surface area contributed by atoms with Gasteiger partial charge in [0.25, 0.3) is 0 Å². The summed E-state index contributed by atoms with van der Waals surface area (Å²) in [5.74, 6) is 0.940. The molecule has 0 radical (unpaired) electrons. The number of nitrogens with one attached hydrogen (secondary N) is 2. The highest BCUT2D eigenvalue weighted by atomic mass is 16.5. The van der Waals surface area contributed by atoms with E-state index < -0.39 is 0 Å². The molecule has 6 nitrogen and oxygen atoms in total. The standard InChI is InChI=1S/C19H36N4O2/c1-3-11-23-12-6-17(7-13-23)22-19(20-4-2)21-10-5-14-25-18-8-15-24-16-9-18/h3,17-18H,1,4-16H2,2H3,(H2,20,21,22). The van der Waals surface area contributed by atoms with Crippen LogP contribution in [0.3, 0.4) is 0 Å². The predicted molar refractivity (Wildman–Crippen MR) is 103 cm³/mol. The molecule has 0 aromatic heterocycles. The van der Waals surface area contributed by atoms with E-state index in [4.69, 9.17) is 14.5 Å². The minimum atomic E-state index is 0.379. The van der Waals surface area contributed by atoms with E-state index in [0.29, 0.717) is 12.1 Å². The second-order valence-electron chi connectivity index (χ2n) is 6.80. The van der Waals surface area contributed by atoms with Crippen molar-refractivity contribution < 1.29 is 9.47 Å². The van der Waals surface area contributed by atoms with Crippen LogP contribution in [0.25, 0.3) is 0 Å². The van der Waals surface area contributed by atoms with Gasteiger partial charge in [-0.1, -0.05) is 6.08 Å². The number of piperidine rings is 1. The first-order valence-electron chi connectivity index (χ1n) is 9.89. The van der Waals surface area contributed by atoms with E-state index in [1.54, 1.807) is 0 Å². The first kappa shape index (κ1) is 20.2. The van der Waals surface area contributed by atoms with Crippen LogP contribution in [0.2, 0.25) is 0 Å². The Bertz CT molecular complexity index is 389.